The molecule has 0 spiro atoms. The van der Waals surface area contributed by atoms with Gasteiger partial charge in [-0.25, -0.2) is 0 Å². The molecule has 2 heterocycles. The molecule has 0 unspecified atom stereocenters. The van der Waals surface area contributed by atoms with Crippen molar-refractivity contribution in [2.24, 2.45) is 10.3 Å². The molecule has 0 aliphatic rings. The van der Waals surface area contributed by atoms with Gasteiger partial charge in [-0.2, -0.15) is 4.68 Å². The van der Waals surface area contributed by atoms with Crippen molar-refractivity contribution < 1.29 is 19.4 Å². The Labute approximate surface area is 112 Å². The van der Waals surface area contributed by atoms with Gasteiger partial charge in [0.05, 0.1) is 11.8 Å². The van der Waals surface area contributed by atoms with Gasteiger partial charge >= 0.3 is 5.91 Å². The van der Waals surface area contributed by atoms with Crippen LogP contribution < -0.4 is 0 Å². The van der Waals surface area contributed by atoms with Crippen LogP contribution >= 0.6 is 0 Å². The minimum atomic E-state index is -0.688. The van der Waals surface area contributed by atoms with E-state index in [0.29, 0.717) is 10.9 Å². The molecule has 0 aliphatic heterocycles. The molecule has 2 N–H and O–H groups in total. The van der Waals surface area contributed by atoms with Gasteiger partial charge in [-0.05, 0) is 24.3 Å². The molecule has 0 radical (unpaired) electrons. The number of fused-ring (bicyclic) bond motifs is 1. The SMILES string of the molecule is O=C(N=Nn1c(O)c(O)c2ccccc21)c1ccco1. The highest BCUT2D eigenvalue weighted by atomic mass is 16.3. The molecule has 2 aromatic heterocycles. The van der Waals surface area contributed by atoms with Crippen molar-refractivity contribution in [2.45, 2.75) is 0 Å². The first-order valence-corrected chi connectivity index (χ1v) is 5.69. The van der Waals surface area contributed by atoms with Gasteiger partial charge < -0.3 is 14.6 Å². The van der Waals surface area contributed by atoms with Crippen LogP contribution in [0.2, 0.25) is 0 Å². The highest BCUT2D eigenvalue weighted by molar-refractivity contribution is 5.92. The van der Waals surface area contributed by atoms with Crippen LogP contribution in [0.25, 0.3) is 10.9 Å². The fourth-order valence-electron chi connectivity index (χ4n) is 1.82. The second-order valence-corrected chi connectivity index (χ2v) is 3.97. The molecule has 20 heavy (non-hydrogen) atoms. The maximum absolute atomic E-state index is 11.6. The summed E-state index contributed by atoms with van der Waals surface area (Å²) in [5, 5.41) is 27.0. The Hall–Kier alpha value is -3.09. The number of hydrogen-bond acceptors (Lipinski definition) is 5. The predicted octanol–water partition coefficient (Wildman–Crippen LogP) is 2.70. The van der Waals surface area contributed by atoms with Gasteiger partial charge in [-0.15, -0.1) is 0 Å². The molecule has 0 atom stereocenters. The Morgan fingerprint density at radius 3 is 2.70 bits per heavy atom. The summed E-state index contributed by atoms with van der Waals surface area (Å²) in [6, 6.07) is 9.66. The van der Waals surface area contributed by atoms with Crippen molar-refractivity contribution >= 4 is 16.8 Å². The lowest BCUT2D eigenvalue weighted by Gasteiger charge is -1.95. The molecule has 3 rings (SSSR count). The van der Waals surface area contributed by atoms with Gasteiger partial charge in [-0.1, -0.05) is 22.5 Å². The second-order valence-electron chi connectivity index (χ2n) is 3.97. The number of rotatable bonds is 2. The molecule has 3 aromatic rings. The summed E-state index contributed by atoms with van der Waals surface area (Å²) in [7, 11) is 0. The van der Waals surface area contributed by atoms with Gasteiger partial charge in [0.2, 0.25) is 0 Å². The molecule has 0 fully saturated rings. The van der Waals surface area contributed by atoms with Crippen molar-refractivity contribution in [3.63, 3.8) is 0 Å². The van der Waals surface area contributed by atoms with Crippen molar-refractivity contribution in [1.29, 1.82) is 0 Å². The zero-order chi connectivity index (χ0) is 14.1. The van der Waals surface area contributed by atoms with Gasteiger partial charge in [-0.3, -0.25) is 4.79 Å². The lowest BCUT2D eigenvalue weighted by molar-refractivity contribution is 0.0965. The number of hydrogen-bond donors (Lipinski definition) is 2. The number of carbonyl (C=O) groups excluding carboxylic acids is 1. The van der Waals surface area contributed by atoms with Gasteiger partial charge in [0.25, 0.3) is 5.88 Å². The molecule has 0 saturated heterocycles. The first-order chi connectivity index (χ1) is 9.68. The number of benzene rings is 1. The molecule has 0 bridgehead atoms. The highest BCUT2D eigenvalue weighted by Gasteiger charge is 2.16. The largest absolute Gasteiger partial charge is 0.503 e. The minimum absolute atomic E-state index is 0.0360. The second kappa shape index (κ2) is 4.54. The number of furan rings is 1. The molecule has 0 aliphatic carbocycles. The average molecular weight is 271 g/mol. The normalized spacial score (nSPS) is 11.4. The zero-order valence-electron chi connectivity index (χ0n) is 10.1. The first-order valence-electron chi connectivity index (χ1n) is 5.69. The molecular formula is C13H9N3O4. The van der Waals surface area contributed by atoms with Crippen molar-refractivity contribution in [1.82, 2.24) is 4.68 Å². The Morgan fingerprint density at radius 2 is 1.95 bits per heavy atom. The Balaban J connectivity index is 2.03. The molecule has 1 amide bonds. The average Bonchev–Trinajstić information content (AvgIpc) is 3.07. The fraction of sp³-hybridized carbons (Fsp3) is 0. The van der Waals surface area contributed by atoms with Gasteiger partial charge in [0.15, 0.2) is 11.5 Å². The third-order valence-corrected chi connectivity index (χ3v) is 2.76. The Kier molecular flexibility index (Phi) is 2.72. The van der Waals surface area contributed by atoms with E-state index in [9.17, 15) is 15.0 Å². The third-order valence-electron chi connectivity index (χ3n) is 2.76. The third kappa shape index (κ3) is 1.81. The van der Waals surface area contributed by atoms with Crippen LogP contribution in [0, 0.1) is 0 Å². The molecule has 100 valence electrons. The quantitative estimate of drug-likeness (QED) is 0.699. The maximum atomic E-state index is 11.6. The Morgan fingerprint density at radius 1 is 1.15 bits per heavy atom. The zero-order valence-corrected chi connectivity index (χ0v) is 10.1. The standard InChI is InChI=1S/C13H9N3O4/c17-11-8-4-1-2-5-9(8)16(13(11)19)15-14-12(18)10-6-3-7-20-10/h1-7,17,19H. The van der Waals surface area contributed by atoms with Crippen LogP contribution in [-0.2, 0) is 0 Å². The smallest absolute Gasteiger partial charge is 0.332 e. The van der Waals surface area contributed by atoms with E-state index in [-0.39, 0.29) is 11.5 Å². The Bertz CT molecular complexity index is 803. The van der Waals surface area contributed by atoms with E-state index in [1.165, 1.54) is 12.3 Å². The molecular weight excluding hydrogens is 262 g/mol. The summed E-state index contributed by atoms with van der Waals surface area (Å²) < 4.78 is 5.86. The molecule has 0 saturated carbocycles. The van der Waals surface area contributed by atoms with Gasteiger partial charge in [0.1, 0.15) is 0 Å². The van der Waals surface area contributed by atoms with Crippen molar-refractivity contribution in [3.8, 4) is 11.6 Å². The molecule has 7 heteroatoms. The summed E-state index contributed by atoms with van der Waals surface area (Å²) >= 11 is 0. The summed E-state index contributed by atoms with van der Waals surface area (Å²) in [5.74, 6) is -1.45. The van der Waals surface area contributed by atoms with Gasteiger partial charge in [0, 0.05) is 5.39 Å². The van der Waals surface area contributed by atoms with Crippen LogP contribution in [0.5, 0.6) is 11.6 Å². The van der Waals surface area contributed by atoms with Crippen LogP contribution in [0.15, 0.2) is 57.4 Å². The van der Waals surface area contributed by atoms with E-state index >= 15 is 0 Å². The molecule has 7 nitrogen and oxygen atoms in total. The van der Waals surface area contributed by atoms with E-state index in [2.05, 4.69) is 10.3 Å². The lowest BCUT2D eigenvalue weighted by atomic mass is 10.2. The monoisotopic (exact) mass is 271 g/mol. The van der Waals surface area contributed by atoms with Crippen molar-refractivity contribution in [2.75, 3.05) is 0 Å². The topological polar surface area (TPSA) is 100 Å². The summed E-state index contributed by atoms with van der Waals surface area (Å²) in [6.45, 7) is 0. The number of amides is 1. The van der Waals surface area contributed by atoms with Crippen molar-refractivity contribution in [3.05, 3.63) is 48.4 Å². The molecule has 1 aromatic carbocycles. The van der Waals surface area contributed by atoms with Crippen LogP contribution in [0.3, 0.4) is 0 Å². The number of nitrogens with zero attached hydrogens (tertiary/aromatic N) is 3. The van der Waals surface area contributed by atoms with Crippen LogP contribution in [0.1, 0.15) is 10.6 Å². The van der Waals surface area contributed by atoms with Crippen LogP contribution in [-0.4, -0.2) is 20.8 Å². The number of carbonyl (C=O) groups is 1. The minimum Gasteiger partial charge on any atom is -0.503 e. The lowest BCUT2D eigenvalue weighted by Crippen LogP contribution is -1.93. The summed E-state index contributed by atoms with van der Waals surface area (Å²) in [4.78, 5) is 11.6. The van der Waals surface area contributed by atoms with E-state index < -0.39 is 11.8 Å². The van der Waals surface area contributed by atoms with E-state index in [0.717, 1.165) is 4.68 Å². The number of aromatic nitrogens is 1. The highest BCUT2D eigenvalue weighted by Crippen LogP contribution is 2.36. The summed E-state index contributed by atoms with van der Waals surface area (Å²) in [6.07, 6.45) is 1.34. The summed E-state index contributed by atoms with van der Waals surface area (Å²) in [5.41, 5.74) is 0.429. The predicted molar refractivity (Wildman–Crippen MR) is 68.6 cm³/mol. The van der Waals surface area contributed by atoms with E-state index in [1.54, 1.807) is 30.3 Å². The first kappa shape index (κ1) is 12.0. The van der Waals surface area contributed by atoms with E-state index in [4.69, 9.17) is 4.42 Å². The fourth-order valence-corrected chi connectivity index (χ4v) is 1.82. The van der Waals surface area contributed by atoms with E-state index in [1.807, 2.05) is 0 Å². The number of para-hydroxylation sites is 1. The van der Waals surface area contributed by atoms with Crippen LogP contribution in [0.4, 0.5) is 0 Å². The maximum Gasteiger partial charge on any atom is 0.332 e. The number of aromatic hydroxyl groups is 2.